The van der Waals surface area contributed by atoms with Crippen LogP contribution in [-0.2, 0) is 6.42 Å². The first-order chi connectivity index (χ1) is 12.2. The quantitative estimate of drug-likeness (QED) is 0.529. The van der Waals surface area contributed by atoms with Gasteiger partial charge in [0.2, 0.25) is 0 Å². The Bertz CT molecular complexity index is 1070. The van der Waals surface area contributed by atoms with E-state index >= 15 is 0 Å². The van der Waals surface area contributed by atoms with Gasteiger partial charge < -0.3 is 14.7 Å². The average Bonchev–Trinajstić information content (AvgIpc) is 3.24. The molecular formula is C22H22N2O. The molecular weight excluding hydrogens is 308 g/mol. The van der Waals surface area contributed by atoms with E-state index in [1.807, 2.05) is 6.07 Å². The zero-order valence-electron chi connectivity index (χ0n) is 14.6. The molecule has 2 unspecified atom stereocenters. The van der Waals surface area contributed by atoms with Crippen LogP contribution < -0.4 is 5.32 Å². The van der Waals surface area contributed by atoms with E-state index in [4.69, 9.17) is 4.42 Å². The minimum absolute atomic E-state index is 0.271. The summed E-state index contributed by atoms with van der Waals surface area (Å²) in [5.74, 6) is 0.322. The van der Waals surface area contributed by atoms with Gasteiger partial charge in [-0.05, 0) is 43.7 Å². The van der Waals surface area contributed by atoms with E-state index in [9.17, 15) is 0 Å². The molecule has 1 aliphatic heterocycles. The van der Waals surface area contributed by atoms with Crippen LogP contribution in [0.1, 0.15) is 41.3 Å². The average molecular weight is 330 g/mol. The topological polar surface area (TPSA) is 41.0 Å². The van der Waals surface area contributed by atoms with Crippen LogP contribution in [0.15, 0.2) is 53.1 Å². The van der Waals surface area contributed by atoms with Crippen LogP contribution in [0.4, 0.5) is 0 Å². The minimum atomic E-state index is 0.271. The van der Waals surface area contributed by atoms with E-state index in [0.29, 0.717) is 5.92 Å². The van der Waals surface area contributed by atoms with Gasteiger partial charge in [-0.2, -0.15) is 0 Å². The lowest BCUT2D eigenvalue weighted by Crippen LogP contribution is -2.33. The van der Waals surface area contributed by atoms with Crippen LogP contribution in [0.3, 0.4) is 0 Å². The second kappa shape index (κ2) is 5.50. The number of aromatic nitrogens is 1. The molecule has 5 rings (SSSR count). The monoisotopic (exact) mass is 330 g/mol. The van der Waals surface area contributed by atoms with Crippen LogP contribution in [-0.4, -0.2) is 11.5 Å². The Labute approximate surface area is 147 Å². The predicted molar refractivity (Wildman–Crippen MR) is 102 cm³/mol. The highest BCUT2D eigenvalue weighted by Gasteiger charge is 2.30. The SMILES string of the molecule is Cc1ccc2[nH]c3c(c2c1)CCNC3C(C)c1cccc2ccoc12. The minimum Gasteiger partial charge on any atom is -0.464 e. The molecule has 3 heteroatoms. The number of H-pyrrole nitrogens is 1. The van der Waals surface area contributed by atoms with Crippen molar-refractivity contribution in [2.45, 2.75) is 32.2 Å². The summed E-state index contributed by atoms with van der Waals surface area (Å²) < 4.78 is 5.79. The molecule has 0 bridgehead atoms. The highest BCUT2D eigenvalue weighted by molar-refractivity contribution is 5.86. The van der Waals surface area contributed by atoms with Crippen LogP contribution in [0.2, 0.25) is 0 Å². The second-order valence-corrected chi connectivity index (χ2v) is 7.22. The lowest BCUT2D eigenvalue weighted by molar-refractivity contribution is 0.436. The second-order valence-electron chi connectivity index (χ2n) is 7.22. The number of nitrogens with one attached hydrogen (secondary N) is 2. The first-order valence-corrected chi connectivity index (χ1v) is 9.03. The number of fused-ring (bicyclic) bond motifs is 4. The number of rotatable bonds is 2. The molecule has 0 radical (unpaired) electrons. The number of para-hydroxylation sites is 1. The Hall–Kier alpha value is -2.52. The van der Waals surface area contributed by atoms with Gasteiger partial charge in [0.1, 0.15) is 5.58 Å². The maximum atomic E-state index is 5.79. The molecule has 0 saturated carbocycles. The summed E-state index contributed by atoms with van der Waals surface area (Å²) in [5.41, 5.74) is 7.65. The van der Waals surface area contributed by atoms with Crippen molar-refractivity contribution in [2.75, 3.05) is 6.54 Å². The molecule has 2 aromatic heterocycles. The molecule has 0 saturated heterocycles. The lowest BCUT2D eigenvalue weighted by atomic mass is 9.86. The Morgan fingerprint density at radius 1 is 1.16 bits per heavy atom. The zero-order chi connectivity index (χ0) is 17.0. The van der Waals surface area contributed by atoms with Gasteiger partial charge in [0.15, 0.2) is 0 Å². The van der Waals surface area contributed by atoms with Crippen molar-refractivity contribution in [3.63, 3.8) is 0 Å². The summed E-state index contributed by atoms with van der Waals surface area (Å²) in [7, 11) is 0. The predicted octanol–water partition coefficient (Wildman–Crippen LogP) is 5.21. The fraction of sp³-hybridized carbons (Fsp3) is 0.273. The van der Waals surface area contributed by atoms with E-state index in [1.54, 1.807) is 6.26 Å². The molecule has 2 aromatic carbocycles. The van der Waals surface area contributed by atoms with Crippen LogP contribution in [0, 0.1) is 6.92 Å². The first kappa shape index (κ1) is 14.8. The molecule has 3 nitrogen and oxygen atoms in total. The molecule has 3 heterocycles. The van der Waals surface area contributed by atoms with E-state index in [-0.39, 0.29) is 6.04 Å². The molecule has 2 N–H and O–H groups in total. The van der Waals surface area contributed by atoms with Crippen molar-refractivity contribution in [1.82, 2.24) is 10.3 Å². The highest BCUT2D eigenvalue weighted by atomic mass is 16.3. The van der Waals surface area contributed by atoms with Gasteiger partial charge in [-0.3, -0.25) is 0 Å². The van der Waals surface area contributed by atoms with Gasteiger partial charge >= 0.3 is 0 Å². The molecule has 25 heavy (non-hydrogen) atoms. The van der Waals surface area contributed by atoms with Gasteiger partial charge in [-0.1, -0.05) is 36.8 Å². The standard InChI is InChI=1S/C22H22N2O/c1-13-6-7-19-18(12-13)17-8-10-23-20(21(17)24-19)14(2)16-5-3-4-15-9-11-25-22(15)16/h3-7,9,11-12,14,20,23-24H,8,10H2,1-2H3. The Morgan fingerprint density at radius 3 is 3.00 bits per heavy atom. The Balaban J connectivity index is 1.64. The van der Waals surface area contributed by atoms with Gasteiger partial charge in [-0.15, -0.1) is 0 Å². The zero-order valence-corrected chi connectivity index (χ0v) is 14.6. The number of hydrogen-bond acceptors (Lipinski definition) is 2. The molecule has 0 spiro atoms. The van der Waals surface area contributed by atoms with E-state index in [2.05, 4.69) is 60.5 Å². The van der Waals surface area contributed by atoms with Crippen molar-refractivity contribution >= 4 is 21.9 Å². The fourth-order valence-corrected chi connectivity index (χ4v) is 4.35. The third-order valence-electron chi connectivity index (χ3n) is 5.64. The van der Waals surface area contributed by atoms with Gasteiger partial charge in [0.25, 0.3) is 0 Å². The van der Waals surface area contributed by atoms with Crippen LogP contribution >= 0.6 is 0 Å². The summed E-state index contributed by atoms with van der Waals surface area (Å²) in [6.07, 6.45) is 2.86. The van der Waals surface area contributed by atoms with E-state index in [1.165, 1.54) is 38.7 Å². The number of aromatic amines is 1. The third kappa shape index (κ3) is 2.23. The summed E-state index contributed by atoms with van der Waals surface area (Å²) in [6, 6.07) is 15.4. The molecule has 0 amide bonds. The van der Waals surface area contributed by atoms with E-state index in [0.717, 1.165) is 18.5 Å². The molecule has 1 aliphatic rings. The number of furan rings is 1. The molecule has 4 aromatic rings. The van der Waals surface area contributed by atoms with E-state index < -0.39 is 0 Å². The molecule has 2 atom stereocenters. The van der Waals surface area contributed by atoms with Gasteiger partial charge in [-0.25, -0.2) is 0 Å². The largest absolute Gasteiger partial charge is 0.464 e. The van der Waals surface area contributed by atoms with Crippen LogP contribution in [0.25, 0.3) is 21.9 Å². The maximum Gasteiger partial charge on any atom is 0.137 e. The Morgan fingerprint density at radius 2 is 2.08 bits per heavy atom. The van der Waals surface area contributed by atoms with Crippen molar-refractivity contribution in [3.8, 4) is 0 Å². The lowest BCUT2D eigenvalue weighted by Gasteiger charge is -2.30. The van der Waals surface area contributed by atoms with Crippen molar-refractivity contribution in [2.24, 2.45) is 0 Å². The summed E-state index contributed by atoms with van der Waals surface area (Å²) in [4.78, 5) is 3.69. The van der Waals surface area contributed by atoms with Crippen LogP contribution in [0.5, 0.6) is 0 Å². The molecule has 0 aliphatic carbocycles. The molecule has 0 fully saturated rings. The van der Waals surface area contributed by atoms with Gasteiger partial charge in [0, 0.05) is 33.5 Å². The smallest absolute Gasteiger partial charge is 0.137 e. The number of benzene rings is 2. The number of aryl methyl sites for hydroxylation is 1. The highest BCUT2D eigenvalue weighted by Crippen LogP contribution is 2.39. The van der Waals surface area contributed by atoms with Gasteiger partial charge in [0.05, 0.1) is 12.3 Å². The van der Waals surface area contributed by atoms with Crippen molar-refractivity contribution < 1.29 is 4.42 Å². The first-order valence-electron chi connectivity index (χ1n) is 9.03. The summed E-state index contributed by atoms with van der Waals surface area (Å²) in [5, 5.41) is 6.29. The number of hydrogen-bond donors (Lipinski definition) is 2. The summed E-state index contributed by atoms with van der Waals surface area (Å²) in [6.45, 7) is 5.47. The maximum absolute atomic E-state index is 5.79. The van der Waals surface area contributed by atoms with Crippen molar-refractivity contribution in [1.29, 1.82) is 0 Å². The fourth-order valence-electron chi connectivity index (χ4n) is 4.35. The third-order valence-corrected chi connectivity index (χ3v) is 5.64. The Kier molecular flexibility index (Phi) is 3.25. The van der Waals surface area contributed by atoms with Crippen molar-refractivity contribution in [3.05, 3.63) is 71.1 Å². The molecule has 126 valence electrons. The summed E-state index contributed by atoms with van der Waals surface area (Å²) >= 11 is 0. The normalized spacial score (nSPS) is 18.6.